The van der Waals surface area contributed by atoms with E-state index in [4.69, 9.17) is 35.6 Å². The Morgan fingerprint density at radius 2 is 1.98 bits per heavy atom. The summed E-state index contributed by atoms with van der Waals surface area (Å²) in [4.78, 5) is 19.2. The Bertz CT molecular complexity index is 1770. The summed E-state index contributed by atoms with van der Waals surface area (Å²) in [5.74, 6) is 3.09. The number of ether oxygens (including phenoxy) is 3. The lowest BCUT2D eigenvalue weighted by Gasteiger charge is -2.39. The van der Waals surface area contributed by atoms with Crippen LogP contribution in [-0.4, -0.2) is 94.3 Å². The van der Waals surface area contributed by atoms with Gasteiger partial charge in [0.25, 0.3) is 0 Å². The summed E-state index contributed by atoms with van der Waals surface area (Å²) in [6.07, 6.45) is 10.5. The van der Waals surface area contributed by atoms with Gasteiger partial charge < -0.3 is 28.8 Å². The number of imidazole rings is 1. The molecule has 2 aromatic carbocycles. The first-order valence-electron chi connectivity index (χ1n) is 15.7. The van der Waals surface area contributed by atoms with Crippen molar-refractivity contribution in [1.29, 1.82) is 0 Å². The van der Waals surface area contributed by atoms with Gasteiger partial charge in [-0.3, -0.25) is 4.90 Å². The molecule has 0 bridgehead atoms. The van der Waals surface area contributed by atoms with Gasteiger partial charge in [0.05, 0.1) is 43.9 Å². The Morgan fingerprint density at radius 1 is 1.11 bits per heavy atom. The van der Waals surface area contributed by atoms with Crippen LogP contribution in [0.25, 0.3) is 21.9 Å². The summed E-state index contributed by atoms with van der Waals surface area (Å²) in [6.45, 7) is 11.3. The molecule has 0 radical (unpaired) electrons. The number of nitrogens with zero attached hydrogens (tertiary/aromatic N) is 6. The second-order valence-corrected chi connectivity index (χ2v) is 13.2. The summed E-state index contributed by atoms with van der Waals surface area (Å²) < 4.78 is 34.8. The van der Waals surface area contributed by atoms with Gasteiger partial charge in [-0.25, -0.2) is 9.37 Å². The maximum Gasteiger partial charge on any atom is 0.247 e. The molecule has 3 fully saturated rings. The molecule has 45 heavy (non-hydrogen) atoms. The molecule has 0 spiro atoms. The highest BCUT2D eigenvalue weighted by Crippen LogP contribution is 2.47. The van der Waals surface area contributed by atoms with Crippen molar-refractivity contribution in [2.24, 2.45) is 5.41 Å². The number of hydrogen-bond acceptors (Lipinski definition) is 9. The molecule has 2 saturated heterocycles. The minimum Gasteiger partial charge on any atom is -0.508 e. The SMILES string of the molecule is C#Cc1c(F)ccc2cc(O)cc(Cn3cnc4c(OCC5(CN6CCOC(C)(C)C6)CC5)nc(N5CCCOCC5)nc43)c12. The maximum atomic E-state index is 14.8. The summed E-state index contributed by atoms with van der Waals surface area (Å²) in [7, 11) is 0. The number of rotatable bonds is 8. The molecule has 1 saturated carbocycles. The van der Waals surface area contributed by atoms with Crippen LogP contribution in [0.1, 0.15) is 44.2 Å². The molecular weight excluding hydrogens is 575 g/mol. The molecule has 3 aliphatic rings. The van der Waals surface area contributed by atoms with Gasteiger partial charge in [0.2, 0.25) is 11.8 Å². The van der Waals surface area contributed by atoms with Crippen molar-refractivity contribution < 1.29 is 23.7 Å². The number of terminal acetylenes is 1. The van der Waals surface area contributed by atoms with E-state index in [1.807, 2.05) is 4.57 Å². The van der Waals surface area contributed by atoms with Gasteiger partial charge in [-0.2, -0.15) is 9.97 Å². The lowest BCUT2D eigenvalue weighted by Crippen LogP contribution is -2.50. The highest BCUT2D eigenvalue weighted by molar-refractivity contribution is 5.92. The number of benzene rings is 2. The monoisotopic (exact) mass is 614 g/mol. The normalized spacial score (nSPS) is 19.8. The van der Waals surface area contributed by atoms with E-state index in [1.165, 1.54) is 6.07 Å². The summed E-state index contributed by atoms with van der Waals surface area (Å²) in [6, 6.07) is 6.15. The van der Waals surface area contributed by atoms with Crippen molar-refractivity contribution >= 4 is 27.9 Å². The Balaban J connectivity index is 1.23. The molecule has 4 aromatic rings. The summed E-state index contributed by atoms with van der Waals surface area (Å²) in [5.41, 5.74) is 1.89. The molecule has 2 aliphatic heterocycles. The zero-order valence-electron chi connectivity index (χ0n) is 25.9. The van der Waals surface area contributed by atoms with Gasteiger partial charge in [0, 0.05) is 50.1 Å². The van der Waals surface area contributed by atoms with Crippen LogP contribution in [0, 0.1) is 23.6 Å². The van der Waals surface area contributed by atoms with E-state index < -0.39 is 5.82 Å². The molecule has 7 rings (SSSR count). The second kappa shape index (κ2) is 11.7. The van der Waals surface area contributed by atoms with Gasteiger partial charge in [-0.15, -0.1) is 6.42 Å². The standard InChI is InChI=1S/C34H39FN6O4/c1-4-26-27(35)7-6-23-16-25(42)17-24(28(23)26)18-41-22-36-29-30(41)37-32(40-10-5-13-43-14-12-40)38-31(29)44-21-34(8-9-34)20-39-11-15-45-33(2,3)19-39/h1,6-7,16-17,22,42H,5,8-15,18-21H2,2-3H3. The average molecular weight is 615 g/mol. The number of morpholine rings is 1. The topological polar surface area (TPSA) is 98.0 Å². The highest BCUT2D eigenvalue weighted by Gasteiger charge is 2.46. The van der Waals surface area contributed by atoms with Gasteiger partial charge in [0.1, 0.15) is 11.6 Å². The van der Waals surface area contributed by atoms with Gasteiger partial charge in [0.15, 0.2) is 11.2 Å². The minimum atomic E-state index is -0.481. The van der Waals surface area contributed by atoms with Crippen molar-refractivity contribution in [3.8, 4) is 24.0 Å². The fourth-order valence-electron chi connectivity index (χ4n) is 6.64. The predicted octanol–water partition coefficient (Wildman–Crippen LogP) is 4.35. The van der Waals surface area contributed by atoms with Crippen LogP contribution in [0.5, 0.6) is 11.6 Å². The van der Waals surface area contributed by atoms with Crippen LogP contribution >= 0.6 is 0 Å². The van der Waals surface area contributed by atoms with E-state index in [0.717, 1.165) is 52.0 Å². The van der Waals surface area contributed by atoms with E-state index in [2.05, 4.69) is 29.6 Å². The number of hydrogen-bond donors (Lipinski definition) is 1. The van der Waals surface area contributed by atoms with Crippen molar-refractivity contribution in [2.45, 2.75) is 45.3 Å². The average Bonchev–Trinajstić information content (AvgIpc) is 3.73. The largest absolute Gasteiger partial charge is 0.508 e. The molecule has 10 nitrogen and oxygen atoms in total. The van der Waals surface area contributed by atoms with Crippen molar-refractivity contribution in [1.82, 2.24) is 24.4 Å². The number of aromatic hydroxyl groups is 1. The summed E-state index contributed by atoms with van der Waals surface area (Å²) >= 11 is 0. The van der Waals surface area contributed by atoms with E-state index in [1.54, 1.807) is 24.5 Å². The van der Waals surface area contributed by atoms with Crippen LogP contribution in [0.15, 0.2) is 30.6 Å². The van der Waals surface area contributed by atoms with Crippen molar-refractivity contribution in [2.75, 3.05) is 64.1 Å². The van der Waals surface area contributed by atoms with Gasteiger partial charge >= 0.3 is 0 Å². The zero-order chi connectivity index (χ0) is 31.2. The Labute approximate surface area is 262 Å². The first-order chi connectivity index (χ1) is 21.7. The molecule has 1 N–H and O–H groups in total. The Kier molecular flexibility index (Phi) is 7.76. The van der Waals surface area contributed by atoms with E-state index in [-0.39, 0.29) is 28.9 Å². The number of fused-ring (bicyclic) bond motifs is 2. The third kappa shape index (κ3) is 6.15. The fourth-order valence-corrected chi connectivity index (χ4v) is 6.64. The van der Waals surface area contributed by atoms with Crippen molar-refractivity contribution in [3.05, 3.63) is 47.5 Å². The number of phenols is 1. The van der Waals surface area contributed by atoms with Crippen LogP contribution in [0.2, 0.25) is 0 Å². The molecule has 236 valence electrons. The van der Waals surface area contributed by atoms with E-state index in [9.17, 15) is 9.50 Å². The first kappa shape index (κ1) is 29.7. The Hall–Kier alpha value is -3.98. The Morgan fingerprint density at radius 3 is 2.78 bits per heavy atom. The smallest absolute Gasteiger partial charge is 0.247 e. The number of phenolic OH excluding ortho intramolecular Hbond substituents is 1. The zero-order valence-corrected chi connectivity index (χ0v) is 25.9. The van der Waals surface area contributed by atoms with Gasteiger partial charge in [-0.1, -0.05) is 12.0 Å². The van der Waals surface area contributed by atoms with Crippen LogP contribution in [0.4, 0.5) is 10.3 Å². The molecular formula is C34H39FN6O4. The minimum absolute atomic E-state index is 0.0683. The molecule has 0 amide bonds. The predicted molar refractivity (Wildman–Crippen MR) is 169 cm³/mol. The highest BCUT2D eigenvalue weighted by atomic mass is 19.1. The number of anilines is 1. The second-order valence-electron chi connectivity index (χ2n) is 13.2. The van der Waals surface area contributed by atoms with Crippen LogP contribution in [0.3, 0.4) is 0 Å². The molecule has 1 aliphatic carbocycles. The van der Waals surface area contributed by atoms with Crippen molar-refractivity contribution in [3.63, 3.8) is 0 Å². The molecule has 0 unspecified atom stereocenters. The molecule has 2 aromatic heterocycles. The third-order valence-corrected chi connectivity index (χ3v) is 9.08. The lowest BCUT2D eigenvalue weighted by molar-refractivity contribution is -0.0911. The third-order valence-electron chi connectivity index (χ3n) is 9.08. The number of halogens is 1. The molecule has 0 atom stereocenters. The summed E-state index contributed by atoms with van der Waals surface area (Å²) in [5, 5.41) is 11.8. The molecule has 4 heterocycles. The first-order valence-corrected chi connectivity index (χ1v) is 15.7. The lowest BCUT2D eigenvalue weighted by atomic mass is 9.98. The maximum absolute atomic E-state index is 14.8. The fraction of sp³-hybridized carbons (Fsp3) is 0.500. The van der Waals surface area contributed by atoms with E-state index >= 15 is 0 Å². The van der Waals surface area contributed by atoms with E-state index in [0.29, 0.717) is 65.7 Å². The quantitative estimate of drug-likeness (QED) is 0.291. The van der Waals surface area contributed by atoms with Gasteiger partial charge in [-0.05, 0) is 62.3 Å². The van der Waals surface area contributed by atoms with Crippen LogP contribution < -0.4 is 9.64 Å². The van der Waals surface area contributed by atoms with Crippen LogP contribution in [-0.2, 0) is 16.0 Å². The number of aromatic nitrogens is 4. The molecule has 11 heteroatoms.